The second-order valence-corrected chi connectivity index (χ2v) is 5.14. The zero-order valence-corrected chi connectivity index (χ0v) is 11.1. The van der Waals surface area contributed by atoms with Gasteiger partial charge in [0.1, 0.15) is 0 Å². The van der Waals surface area contributed by atoms with E-state index >= 15 is 0 Å². The summed E-state index contributed by atoms with van der Waals surface area (Å²) in [7, 11) is 0. The van der Waals surface area contributed by atoms with Crippen LogP contribution >= 0.6 is 0 Å². The third kappa shape index (κ3) is 6.24. The van der Waals surface area contributed by atoms with E-state index in [4.69, 9.17) is 5.11 Å². The van der Waals surface area contributed by atoms with Gasteiger partial charge in [0.2, 0.25) is 5.91 Å². The highest BCUT2D eigenvalue weighted by Gasteiger charge is 2.32. The molecule has 0 bridgehead atoms. The molecule has 112 valence electrons. The van der Waals surface area contributed by atoms with Gasteiger partial charge in [-0.1, -0.05) is 6.92 Å². The van der Waals surface area contributed by atoms with E-state index in [-0.39, 0.29) is 25.6 Å². The summed E-state index contributed by atoms with van der Waals surface area (Å²) >= 11 is 0. The van der Waals surface area contributed by atoms with Gasteiger partial charge in [-0.05, 0) is 18.8 Å². The molecule has 19 heavy (non-hydrogen) atoms. The number of aliphatic hydroxyl groups is 1. The summed E-state index contributed by atoms with van der Waals surface area (Å²) in [6.07, 6.45) is -2.41. The summed E-state index contributed by atoms with van der Waals surface area (Å²) in [5.41, 5.74) is 0. The van der Waals surface area contributed by atoms with Crippen LogP contribution in [0.1, 0.15) is 19.8 Å². The van der Waals surface area contributed by atoms with Crippen molar-refractivity contribution in [2.75, 3.05) is 39.3 Å². The van der Waals surface area contributed by atoms with Crippen molar-refractivity contribution in [2.45, 2.75) is 25.9 Å². The summed E-state index contributed by atoms with van der Waals surface area (Å²) in [6.45, 7) is 1.27. The zero-order chi connectivity index (χ0) is 14.5. The molecule has 0 saturated carbocycles. The zero-order valence-electron chi connectivity index (χ0n) is 11.1. The van der Waals surface area contributed by atoms with Gasteiger partial charge >= 0.3 is 6.18 Å². The molecule has 1 aliphatic rings. The lowest BCUT2D eigenvalue weighted by Gasteiger charge is -2.33. The average molecular weight is 282 g/mol. The number of rotatable bonds is 5. The molecule has 0 aromatic carbocycles. The monoisotopic (exact) mass is 282 g/mol. The highest BCUT2D eigenvalue weighted by Crippen LogP contribution is 2.18. The minimum absolute atomic E-state index is 0.144. The summed E-state index contributed by atoms with van der Waals surface area (Å²) in [5.74, 6) is 0.107. The molecular formula is C12H21F3N2O2. The fraction of sp³-hybridized carbons (Fsp3) is 0.917. The van der Waals surface area contributed by atoms with Crippen molar-refractivity contribution in [3.05, 3.63) is 0 Å². The second kappa shape index (κ2) is 7.09. The predicted octanol–water partition coefficient (Wildman–Crippen LogP) is 1.10. The SMILES string of the molecule is CC1CCCN(C(=O)CN(CCO)CC(F)(F)F)C1. The van der Waals surface area contributed by atoms with Gasteiger partial charge in [-0.3, -0.25) is 9.69 Å². The number of aliphatic hydroxyl groups excluding tert-OH is 1. The first-order valence-corrected chi connectivity index (χ1v) is 6.49. The molecule has 1 fully saturated rings. The number of halogens is 3. The van der Waals surface area contributed by atoms with E-state index in [9.17, 15) is 18.0 Å². The normalized spacial score (nSPS) is 20.9. The number of alkyl halides is 3. The van der Waals surface area contributed by atoms with Crippen molar-refractivity contribution < 1.29 is 23.1 Å². The maximum atomic E-state index is 12.3. The van der Waals surface area contributed by atoms with Gasteiger partial charge in [0.15, 0.2) is 0 Å². The fourth-order valence-corrected chi connectivity index (χ4v) is 2.32. The molecule has 7 heteroatoms. The predicted molar refractivity (Wildman–Crippen MR) is 64.6 cm³/mol. The van der Waals surface area contributed by atoms with Crippen LogP contribution in [0, 0.1) is 5.92 Å². The van der Waals surface area contributed by atoms with Gasteiger partial charge < -0.3 is 10.0 Å². The molecule has 1 rings (SSSR count). The number of hydrogen-bond donors (Lipinski definition) is 1. The largest absolute Gasteiger partial charge is 0.401 e. The van der Waals surface area contributed by atoms with E-state index < -0.39 is 12.7 Å². The molecule has 1 heterocycles. The average Bonchev–Trinajstić information content (AvgIpc) is 2.27. The van der Waals surface area contributed by atoms with Crippen molar-refractivity contribution in [3.8, 4) is 0 Å². The lowest BCUT2D eigenvalue weighted by Crippen LogP contribution is -2.47. The van der Waals surface area contributed by atoms with E-state index in [1.807, 2.05) is 6.92 Å². The molecule has 4 nitrogen and oxygen atoms in total. The Labute approximate surface area is 111 Å². The van der Waals surface area contributed by atoms with Crippen LogP contribution in [0.3, 0.4) is 0 Å². The van der Waals surface area contributed by atoms with Crippen LogP contribution in [0.2, 0.25) is 0 Å². The van der Waals surface area contributed by atoms with E-state index in [1.165, 1.54) is 0 Å². The quantitative estimate of drug-likeness (QED) is 0.821. The first-order valence-electron chi connectivity index (χ1n) is 6.49. The molecule has 1 saturated heterocycles. The summed E-state index contributed by atoms with van der Waals surface area (Å²) in [6, 6.07) is 0. The lowest BCUT2D eigenvalue weighted by molar-refractivity contribution is -0.152. The van der Waals surface area contributed by atoms with Crippen molar-refractivity contribution in [1.29, 1.82) is 0 Å². The molecule has 0 aromatic heterocycles. The Hall–Kier alpha value is -0.820. The smallest absolute Gasteiger partial charge is 0.395 e. The van der Waals surface area contributed by atoms with E-state index in [0.717, 1.165) is 17.7 Å². The topological polar surface area (TPSA) is 43.8 Å². The maximum absolute atomic E-state index is 12.3. The van der Waals surface area contributed by atoms with Crippen LogP contribution < -0.4 is 0 Å². The Morgan fingerprint density at radius 1 is 1.47 bits per heavy atom. The van der Waals surface area contributed by atoms with Gasteiger partial charge in [0.05, 0.1) is 19.7 Å². The third-order valence-electron chi connectivity index (χ3n) is 3.19. The fourth-order valence-electron chi connectivity index (χ4n) is 2.32. The lowest BCUT2D eigenvalue weighted by atomic mass is 10.0. The second-order valence-electron chi connectivity index (χ2n) is 5.14. The van der Waals surface area contributed by atoms with Crippen LogP contribution in [0.4, 0.5) is 13.2 Å². The van der Waals surface area contributed by atoms with Crippen molar-refractivity contribution >= 4 is 5.91 Å². The highest BCUT2D eigenvalue weighted by atomic mass is 19.4. The number of hydrogen-bond acceptors (Lipinski definition) is 3. The summed E-state index contributed by atoms with van der Waals surface area (Å²) in [5, 5.41) is 8.76. The van der Waals surface area contributed by atoms with Crippen LogP contribution in [0.25, 0.3) is 0 Å². The molecular weight excluding hydrogens is 261 g/mol. The Balaban J connectivity index is 2.50. The number of amides is 1. The van der Waals surface area contributed by atoms with Crippen molar-refractivity contribution in [3.63, 3.8) is 0 Å². The minimum atomic E-state index is -4.36. The van der Waals surface area contributed by atoms with Crippen LogP contribution in [-0.4, -0.2) is 66.3 Å². The molecule has 0 aliphatic carbocycles. The number of nitrogens with zero attached hydrogens (tertiary/aromatic N) is 2. The van der Waals surface area contributed by atoms with Crippen molar-refractivity contribution in [1.82, 2.24) is 9.80 Å². The van der Waals surface area contributed by atoms with E-state index in [1.54, 1.807) is 4.90 Å². The van der Waals surface area contributed by atoms with Crippen LogP contribution in [0.15, 0.2) is 0 Å². The number of carbonyl (C=O) groups excluding carboxylic acids is 1. The Kier molecular flexibility index (Phi) is 6.06. The molecule has 1 N–H and O–H groups in total. The Morgan fingerprint density at radius 2 is 2.16 bits per heavy atom. The number of carbonyl (C=O) groups is 1. The standard InChI is InChI=1S/C12H21F3N2O2/c1-10-3-2-4-17(7-10)11(19)8-16(5-6-18)9-12(13,14)15/h10,18H,2-9H2,1H3. The summed E-state index contributed by atoms with van der Waals surface area (Å²) < 4.78 is 37.0. The number of piperidine rings is 1. The molecule has 1 amide bonds. The minimum Gasteiger partial charge on any atom is -0.395 e. The van der Waals surface area contributed by atoms with Gasteiger partial charge in [-0.15, -0.1) is 0 Å². The van der Waals surface area contributed by atoms with Crippen LogP contribution in [-0.2, 0) is 4.79 Å². The van der Waals surface area contributed by atoms with E-state index in [2.05, 4.69) is 0 Å². The van der Waals surface area contributed by atoms with Gasteiger partial charge in [0.25, 0.3) is 0 Å². The molecule has 0 aromatic rings. The first-order chi connectivity index (χ1) is 8.81. The Bertz CT molecular complexity index is 297. The van der Waals surface area contributed by atoms with Crippen LogP contribution in [0.5, 0.6) is 0 Å². The van der Waals surface area contributed by atoms with Gasteiger partial charge in [0, 0.05) is 19.6 Å². The van der Waals surface area contributed by atoms with Gasteiger partial charge in [-0.2, -0.15) is 13.2 Å². The molecule has 1 unspecified atom stereocenters. The first kappa shape index (κ1) is 16.2. The Morgan fingerprint density at radius 3 is 2.68 bits per heavy atom. The molecule has 0 spiro atoms. The summed E-state index contributed by atoms with van der Waals surface area (Å²) in [4.78, 5) is 14.5. The highest BCUT2D eigenvalue weighted by molar-refractivity contribution is 5.78. The number of likely N-dealkylation sites (tertiary alicyclic amines) is 1. The third-order valence-corrected chi connectivity index (χ3v) is 3.19. The molecule has 1 aliphatic heterocycles. The maximum Gasteiger partial charge on any atom is 0.401 e. The molecule has 1 atom stereocenters. The molecule has 0 radical (unpaired) electrons. The van der Waals surface area contributed by atoms with E-state index in [0.29, 0.717) is 19.0 Å². The van der Waals surface area contributed by atoms with Crippen molar-refractivity contribution in [2.24, 2.45) is 5.92 Å². The van der Waals surface area contributed by atoms with Gasteiger partial charge in [-0.25, -0.2) is 0 Å².